The maximum absolute atomic E-state index is 13.4. The zero-order valence-corrected chi connectivity index (χ0v) is 28.6. The average molecular weight is 707 g/mol. The number of rotatable bonds is 15. The van der Waals surface area contributed by atoms with Crippen LogP contribution < -0.4 is 19.2 Å². The van der Waals surface area contributed by atoms with Gasteiger partial charge in [-0.3, -0.25) is 9.59 Å². The molecule has 0 aliphatic carbocycles. The summed E-state index contributed by atoms with van der Waals surface area (Å²) in [5, 5.41) is 21.8. The zero-order valence-electron chi connectivity index (χ0n) is 25.4. The van der Waals surface area contributed by atoms with Crippen LogP contribution in [0, 0.1) is 0 Å². The van der Waals surface area contributed by atoms with Crippen molar-refractivity contribution < 1.29 is 36.6 Å². The third-order valence-electron chi connectivity index (χ3n) is 7.00. The molecule has 0 unspecified atom stereocenters. The second kappa shape index (κ2) is 14.5. The Bertz CT molecular complexity index is 1840. The summed E-state index contributed by atoms with van der Waals surface area (Å²) in [6.07, 6.45) is 0. The number of fused-ring (bicyclic) bond motifs is 2. The van der Waals surface area contributed by atoms with Crippen LogP contribution in [-0.4, -0.2) is 90.8 Å². The van der Waals surface area contributed by atoms with E-state index in [2.05, 4.69) is 9.44 Å². The smallest absolute Gasteiger partial charge is 0.322 e. The van der Waals surface area contributed by atoms with Gasteiger partial charge in [0.1, 0.15) is 12.1 Å². The Morgan fingerprint density at radius 3 is 1.26 bits per heavy atom. The maximum Gasteiger partial charge on any atom is 0.322 e. The minimum atomic E-state index is -4.28. The monoisotopic (exact) mass is 706 g/mol. The minimum absolute atomic E-state index is 0.0795. The fourth-order valence-electron chi connectivity index (χ4n) is 4.82. The topological polar surface area (TPSA) is 173 Å². The Kier molecular flexibility index (Phi) is 11.1. The Morgan fingerprint density at radius 1 is 0.609 bits per heavy atom. The molecule has 0 aromatic heterocycles. The van der Waals surface area contributed by atoms with Gasteiger partial charge in [0.2, 0.25) is 20.0 Å². The van der Waals surface area contributed by atoms with Crippen molar-refractivity contribution in [2.75, 3.05) is 49.5 Å². The van der Waals surface area contributed by atoms with Crippen molar-refractivity contribution in [3.05, 3.63) is 72.8 Å². The van der Waals surface area contributed by atoms with Gasteiger partial charge in [-0.15, -0.1) is 0 Å². The predicted octanol–water partition coefficient (Wildman–Crippen LogP) is 3.67. The van der Waals surface area contributed by atoms with Crippen molar-refractivity contribution in [3.8, 4) is 0 Å². The Hall–Kier alpha value is -3.54. The summed E-state index contributed by atoms with van der Waals surface area (Å²) in [7, 11) is 0.563. The van der Waals surface area contributed by atoms with Gasteiger partial charge in [-0.2, -0.15) is 9.44 Å². The first-order valence-electron chi connectivity index (χ1n) is 13.8. The van der Waals surface area contributed by atoms with Crippen LogP contribution in [0.2, 0.25) is 0 Å². The van der Waals surface area contributed by atoms with E-state index >= 15 is 0 Å². The van der Waals surface area contributed by atoms with Crippen molar-refractivity contribution in [2.45, 2.75) is 21.9 Å². The number of benzene rings is 4. The molecular formula is C30H34N4O8S4. The van der Waals surface area contributed by atoms with Gasteiger partial charge in [0, 0.05) is 72.6 Å². The number of hydrogen-bond acceptors (Lipinski definition) is 10. The van der Waals surface area contributed by atoms with Crippen LogP contribution >= 0.6 is 21.6 Å². The Labute approximate surface area is 275 Å². The molecule has 0 heterocycles. The highest BCUT2D eigenvalue weighted by atomic mass is 33.1. The Morgan fingerprint density at radius 2 is 0.935 bits per heavy atom. The van der Waals surface area contributed by atoms with E-state index in [-0.39, 0.29) is 21.3 Å². The molecular weight excluding hydrogens is 673 g/mol. The molecule has 0 aliphatic rings. The Balaban J connectivity index is 1.45. The summed E-state index contributed by atoms with van der Waals surface area (Å²) in [5.41, 5.74) is 1.58. The molecule has 0 radical (unpaired) electrons. The summed E-state index contributed by atoms with van der Waals surface area (Å²) in [6.45, 7) is 0. The second-order valence-corrected chi connectivity index (χ2v) is 16.6. The molecule has 0 amide bonds. The number of aliphatic carboxylic acids is 2. The number of nitrogens with one attached hydrogen (secondary N) is 2. The highest BCUT2D eigenvalue weighted by Gasteiger charge is 2.29. The summed E-state index contributed by atoms with van der Waals surface area (Å²) in [4.78, 5) is 27.6. The fourth-order valence-corrected chi connectivity index (χ4v) is 10.2. The lowest BCUT2D eigenvalue weighted by molar-refractivity contribution is -0.139. The lowest BCUT2D eigenvalue weighted by Gasteiger charge is -2.19. The molecule has 12 nitrogen and oxygen atoms in total. The number of carboxylic acids is 2. The van der Waals surface area contributed by atoms with Crippen molar-refractivity contribution in [1.82, 2.24) is 9.44 Å². The van der Waals surface area contributed by atoms with Crippen LogP contribution in [-0.2, 0) is 29.6 Å². The van der Waals surface area contributed by atoms with Crippen molar-refractivity contribution in [1.29, 1.82) is 0 Å². The molecule has 4 aromatic carbocycles. The molecule has 0 bridgehead atoms. The molecule has 16 heteroatoms. The first-order chi connectivity index (χ1) is 21.6. The van der Waals surface area contributed by atoms with Crippen molar-refractivity contribution in [3.63, 3.8) is 0 Å². The van der Waals surface area contributed by atoms with E-state index < -0.39 is 44.1 Å². The fraction of sp³-hybridized carbons (Fsp3) is 0.267. The molecule has 2 atom stereocenters. The van der Waals surface area contributed by atoms with Gasteiger partial charge in [0.05, 0.1) is 9.79 Å². The van der Waals surface area contributed by atoms with E-state index in [1.54, 1.807) is 48.5 Å². The largest absolute Gasteiger partial charge is 0.480 e. The summed E-state index contributed by atoms with van der Waals surface area (Å²) in [5.74, 6) is -3.37. The highest BCUT2D eigenvalue weighted by molar-refractivity contribution is 8.76. The third-order valence-corrected chi connectivity index (χ3v) is 12.5. The number of sulfonamides is 2. The van der Waals surface area contributed by atoms with E-state index in [0.29, 0.717) is 21.5 Å². The molecule has 4 aromatic rings. The van der Waals surface area contributed by atoms with E-state index in [1.165, 1.54) is 12.1 Å². The number of carbonyl (C=O) groups is 2. The quantitative estimate of drug-likeness (QED) is 0.105. The highest BCUT2D eigenvalue weighted by Crippen LogP contribution is 2.32. The van der Waals surface area contributed by atoms with Crippen molar-refractivity contribution in [2.24, 2.45) is 0 Å². The standard InChI is InChI=1S/C30H34N4O8S4/c1-33(2)25-13-5-11-21-19(25)9-7-15-27(21)45(39,40)31-23(29(35)36)17-43-44-18-24(30(37)38)32-46(41,42)28-16-8-10-20-22(28)12-6-14-26(20)34(3)4/h5-16,23-24,31-32H,17-18H2,1-4H3,(H,35,36)(H,37,38)/t23-,24-/m1/s1. The lowest BCUT2D eigenvalue weighted by Crippen LogP contribution is -2.43. The summed E-state index contributed by atoms with van der Waals surface area (Å²) >= 11 is 0. The summed E-state index contributed by atoms with van der Waals surface area (Å²) in [6, 6.07) is 16.8. The van der Waals surface area contributed by atoms with Crippen LogP contribution in [0.3, 0.4) is 0 Å². The number of carboxylic acid groups (broad SMARTS) is 2. The van der Waals surface area contributed by atoms with E-state index in [0.717, 1.165) is 33.0 Å². The van der Waals surface area contributed by atoms with Crippen LogP contribution in [0.25, 0.3) is 21.5 Å². The number of hydrogen-bond donors (Lipinski definition) is 4. The first kappa shape index (κ1) is 35.3. The van der Waals surface area contributed by atoms with Gasteiger partial charge in [-0.05, 0) is 24.3 Å². The van der Waals surface area contributed by atoms with Gasteiger partial charge in [-0.1, -0.05) is 70.1 Å². The lowest BCUT2D eigenvalue weighted by atomic mass is 10.1. The SMILES string of the molecule is CN(C)c1cccc2c(S(=O)(=O)N[C@H](CSSC[C@@H](NS(=O)(=O)c3cccc4c(N(C)C)cccc34)C(=O)O)C(=O)O)cccc12. The van der Waals surface area contributed by atoms with E-state index in [4.69, 9.17) is 0 Å². The molecule has 46 heavy (non-hydrogen) atoms. The predicted molar refractivity (Wildman–Crippen MR) is 185 cm³/mol. The van der Waals surface area contributed by atoms with E-state index in [1.807, 2.05) is 50.1 Å². The molecule has 4 rings (SSSR count). The molecule has 0 saturated heterocycles. The molecule has 0 aliphatic heterocycles. The summed E-state index contributed by atoms with van der Waals surface area (Å²) < 4.78 is 57.9. The maximum atomic E-state index is 13.4. The van der Waals surface area contributed by atoms with Crippen molar-refractivity contribution >= 4 is 86.5 Å². The van der Waals surface area contributed by atoms with Crippen LogP contribution in [0.1, 0.15) is 0 Å². The molecule has 246 valence electrons. The van der Waals surface area contributed by atoms with Crippen LogP contribution in [0.15, 0.2) is 82.6 Å². The molecule has 0 fully saturated rings. The van der Waals surface area contributed by atoms with Crippen LogP contribution in [0.5, 0.6) is 0 Å². The normalized spacial score (nSPS) is 13.4. The number of anilines is 2. The molecule has 4 N–H and O–H groups in total. The minimum Gasteiger partial charge on any atom is -0.480 e. The van der Waals surface area contributed by atoms with Gasteiger partial charge >= 0.3 is 11.9 Å². The average Bonchev–Trinajstić information content (AvgIpc) is 3.00. The first-order valence-corrected chi connectivity index (χ1v) is 19.2. The third kappa shape index (κ3) is 7.87. The van der Waals surface area contributed by atoms with E-state index in [9.17, 15) is 36.6 Å². The second-order valence-electron chi connectivity index (χ2n) is 10.6. The van der Waals surface area contributed by atoms with Gasteiger partial charge in [-0.25, -0.2) is 16.8 Å². The van der Waals surface area contributed by atoms with Gasteiger partial charge < -0.3 is 20.0 Å². The van der Waals surface area contributed by atoms with Gasteiger partial charge in [0.25, 0.3) is 0 Å². The van der Waals surface area contributed by atoms with Gasteiger partial charge in [0.15, 0.2) is 0 Å². The number of nitrogens with zero attached hydrogens (tertiary/aromatic N) is 2. The molecule has 0 saturated carbocycles. The molecule has 0 spiro atoms. The zero-order chi connectivity index (χ0) is 33.8. The van der Waals surface area contributed by atoms with Crippen LogP contribution in [0.4, 0.5) is 11.4 Å².